The first kappa shape index (κ1) is 11.2. The summed E-state index contributed by atoms with van der Waals surface area (Å²) >= 11 is 0. The van der Waals surface area contributed by atoms with Crippen LogP contribution in [0.4, 0.5) is 0 Å². The second-order valence-electron chi connectivity index (χ2n) is 5.53. The predicted molar refractivity (Wildman–Crippen MR) is 68.9 cm³/mol. The summed E-state index contributed by atoms with van der Waals surface area (Å²) in [5, 5.41) is 3.65. The number of ether oxygens (including phenoxy) is 1. The zero-order valence-electron chi connectivity index (χ0n) is 10.5. The van der Waals surface area contributed by atoms with Crippen molar-refractivity contribution in [1.29, 1.82) is 0 Å². The van der Waals surface area contributed by atoms with Gasteiger partial charge in [0.2, 0.25) is 0 Å². The SMILES string of the molecule is Cc1cccc(COC2C[C@H]3CC[C@@H](C2)N3)c1. The van der Waals surface area contributed by atoms with E-state index in [1.165, 1.54) is 36.8 Å². The van der Waals surface area contributed by atoms with E-state index in [4.69, 9.17) is 4.74 Å². The lowest BCUT2D eigenvalue weighted by atomic mass is 10.0. The number of benzene rings is 1. The van der Waals surface area contributed by atoms with Gasteiger partial charge in [-0.15, -0.1) is 0 Å². The summed E-state index contributed by atoms with van der Waals surface area (Å²) in [6.07, 6.45) is 5.54. The van der Waals surface area contributed by atoms with E-state index < -0.39 is 0 Å². The molecule has 2 heterocycles. The lowest BCUT2D eigenvalue weighted by molar-refractivity contribution is 0.00915. The van der Waals surface area contributed by atoms with Gasteiger partial charge in [-0.05, 0) is 38.2 Å². The second-order valence-corrected chi connectivity index (χ2v) is 5.53. The minimum atomic E-state index is 0.467. The molecule has 2 aliphatic heterocycles. The first-order valence-corrected chi connectivity index (χ1v) is 6.73. The van der Waals surface area contributed by atoms with Crippen molar-refractivity contribution in [2.45, 2.75) is 57.4 Å². The normalized spacial score (nSPS) is 31.7. The standard InChI is InChI=1S/C15H21NO/c1-11-3-2-4-12(7-11)10-17-15-8-13-5-6-14(9-15)16-13/h2-4,7,13-16H,5-6,8-10H2,1H3/t13-,14+,15?. The maximum atomic E-state index is 6.06. The first-order valence-electron chi connectivity index (χ1n) is 6.73. The number of hydrogen-bond acceptors (Lipinski definition) is 2. The van der Waals surface area contributed by atoms with Gasteiger partial charge in [0.05, 0.1) is 12.7 Å². The van der Waals surface area contributed by atoms with E-state index in [2.05, 4.69) is 36.5 Å². The lowest BCUT2D eigenvalue weighted by Crippen LogP contribution is -2.41. The fourth-order valence-electron chi connectivity index (χ4n) is 3.16. The fourth-order valence-corrected chi connectivity index (χ4v) is 3.16. The summed E-state index contributed by atoms with van der Waals surface area (Å²) in [6, 6.07) is 10.1. The van der Waals surface area contributed by atoms with E-state index in [1.54, 1.807) is 0 Å². The average Bonchev–Trinajstić information content (AvgIpc) is 2.66. The molecule has 1 aromatic rings. The van der Waals surface area contributed by atoms with Crippen molar-refractivity contribution in [3.8, 4) is 0 Å². The molecule has 2 bridgehead atoms. The molecular formula is C15H21NO. The molecule has 0 aliphatic carbocycles. The van der Waals surface area contributed by atoms with Crippen molar-refractivity contribution in [2.24, 2.45) is 0 Å². The van der Waals surface area contributed by atoms with E-state index in [9.17, 15) is 0 Å². The molecule has 2 fully saturated rings. The van der Waals surface area contributed by atoms with Gasteiger partial charge in [-0.1, -0.05) is 29.8 Å². The highest BCUT2D eigenvalue weighted by molar-refractivity contribution is 5.21. The Bertz CT molecular complexity index is 378. The van der Waals surface area contributed by atoms with Crippen LogP contribution in [0.1, 0.15) is 36.8 Å². The van der Waals surface area contributed by atoms with Crippen LogP contribution in [0.25, 0.3) is 0 Å². The largest absolute Gasteiger partial charge is 0.373 e. The third kappa shape index (κ3) is 2.70. The molecule has 17 heavy (non-hydrogen) atoms. The number of rotatable bonds is 3. The van der Waals surface area contributed by atoms with Crippen molar-refractivity contribution in [2.75, 3.05) is 0 Å². The molecule has 0 saturated carbocycles. The zero-order valence-corrected chi connectivity index (χ0v) is 10.5. The molecule has 3 rings (SSSR count). The maximum absolute atomic E-state index is 6.06. The summed E-state index contributed by atoms with van der Waals surface area (Å²) in [6.45, 7) is 2.90. The molecule has 1 N–H and O–H groups in total. The minimum Gasteiger partial charge on any atom is -0.373 e. The van der Waals surface area contributed by atoms with Gasteiger partial charge < -0.3 is 10.1 Å². The Kier molecular flexibility index (Phi) is 3.17. The maximum Gasteiger partial charge on any atom is 0.0720 e. The molecule has 2 heteroatoms. The molecule has 1 unspecified atom stereocenters. The van der Waals surface area contributed by atoms with Crippen molar-refractivity contribution in [3.05, 3.63) is 35.4 Å². The van der Waals surface area contributed by atoms with Crippen LogP contribution in [0, 0.1) is 6.92 Å². The van der Waals surface area contributed by atoms with Gasteiger partial charge in [0.25, 0.3) is 0 Å². The van der Waals surface area contributed by atoms with E-state index >= 15 is 0 Å². The van der Waals surface area contributed by atoms with E-state index in [-0.39, 0.29) is 0 Å². The van der Waals surface area contributed by atoms with Crippen LogP contribution in [0.5, 0.6) is 0 Å². The molecular weight excluding hydrogens is 210 g/mol. The van der Waals surface area contributed by atoms with Gasteiger partial charge in [0.1, 0.15) is 0 Å². The van der Waals surface area contributed by atoms with Crippen molar-refractivity contribution in [3.63, 3.8) is 0 Å². The Labute approximate surface area is 103 Å². The highest BCUT2D eigenvalue weighted by Crippen LogP contribution is 2.28. The molecule has 0 radical (unpaired) electrons. The number of fused-ring (bicyclic) bond motifs is 2. The van der Waals surface area contributed by atoms with Gasteiger partial charge in [0, 0.05) is 12.1 Å². The Hall–Kier alpha value is -0.860. The Morgan fingerprint density at radius 2 is 2.00 bits per heavy atom. The Morgan fingerprint density at radius 1 is 1.24 bits per heavy atom. The van der Waals surface area contributed by atoms with Crippen LogP contribution in [-0.2, 0) is 11.3 Å². The van der Waals surface area contributed by atoms with Crippen LogP contribution < -0.4 is 5.32 Å². The summed E-state index contributed by atoms with van der Waals surface area (Å²) in [7, 11) is 0. The van der Waals surface area contributed by atoms with Crippen molar-refractivity contribution < 1.29 is 4.74 Å². The summed E-state index contributed by atoms with van der Waals surface area (Å²) < 4.78 is 6.06. The van der Waals surface area contributed by atoms with Crippen molar-refractivity contribution >= 4 is 0 Å². The van der Waals surface area contributed by atoms with E-state index in [1.807, 2.05) is 0 Å². The van der Waals surface area contributed by atoms with E-state index in [0.717, 1.165) is 18.7 Å². The lowest BCUT2D eigenvalue weighted by Gasteiger charge is -2.29. The molecule has 0 spiro atoms. The topological polar surface area (TPSA) is 21.3 Å². The van der Waals surface area contributed by atoms with Crippen LogP contribution >= 0.6 is 0 Å². The first-order chi connectivity index (χ1) is 8.29. The molecule has 0 aromatic heterocycles. The van der Waals surface area contributed by atoms with Gasteiger partial charge in [-0.3, -0.25) is 0 Å². The minimum absolute atomic E-state index is 0.467. The zero-order chi connectivity index (χ0) is 11.7. The number of aryl methyl sites for hydroxylation is 1. The predicted octanol–water partition coefficient (Wildman–Crippen LogP) is 2.79. The number of nitrogens with one attached hydrogen (secondary N) is 1. The second kappa shape index (κ2) is 4.79. The summed E-state index contributed by atoms with van der Waals surface area (Å²) in [5.41, 5.74) is 2.62. The van der Waals surface area contributed by atoms with Gasteiger partial charge in [-0.2, -0.15) is 0 Å². The molecule has 2 nitrogen and oxygen atoms in total. The average molecular weight is 231 g/mol. The van der Waals surface area contributed by atoms with Crippen molar-refractivity contribution in [1.82, 2.24) is 5.32 Å². The van der Waals surface area contributed by atoms with Crippen LogP contribution in [0.15, 0.2) is 24.3 Å². The van der Waals surface area contributed by atoms with E-state index in [0.29, 0.717) is 6.10 Å². The third-order valence-corrected chi connectivity index (χ3v) is 4.00. The highest BCUT2D eigenvalue weighted by Gasteiger charge is 2.33. The number of hydrogen-bond donors (Lipinski definition) is 1. The fraction of sp³-hybridized carbons (Fsp3) is 0.600. The van der Waals surface area contributed by atoms with Gasteiger partial charge >= 0.3 is 0 Å². The molecule has 3 atom stereocenters. The van der Waals surface area contributed by atoms with Crippen LogP contribution in [-0.4, -0.2) is 18.2 Å². The van der Waals surface area contributed by atoms with Crippen LogP contribution in [0.2, 0.25) is 0 Å². The monoisotopic (exact) mass is 231 g/mol. The summed E-state index contributed by atoms with van der Waals surface area (Å²) in [5.74, 6) is 0. The molecule has 2 aliphatic rings. The van der Waals surface area contributed by atoms with Gasteiger partial charge in [-0.25, -0.2) is 0 Å². The smallest absolute Gasteiger partial charge is 0.0720 e. The molecule has 0 amide bonds. The number of piperidine rings is 1. The van der Waals surface area contributed by atoms with Gasteiger partial charge in [0.15, 0.2) is 0 Å². The van der Waals surface area contributed by atoms with Crippen LogP contribution in [0.3, 0.4) is 0 Å². The highest BCUT2D eigenvalue weighted by atomic mass is 16.5. The quantitative estimate of drug-likeness (QED) is 0.863. The molecule has 92 valence electrons. The molecule has 1 aromatic carbocycles. The Morgan fingerprint density at radius 3 is 2.71 bits per heavy atom. The Balaban J connectivity index is 1.54. The third-order valence-electron chi connectivity index (χ3n) is 4.00. The summed E-state index contributed by atoms with van der Waals surface area (Å²) in [4.78, 5) is 0. The molecule has 2 saturated heterocycles.